The molecule has 1 aliphatic carbocycles. The van der Waals surface area contributed by atoms with Gasteiger partial charge in [0.1, 0.15) is 0 Å². The van der Waals surface area contributed by atoms with Crippen LogP contribution in [-0.4, -0.2) is 36.6 Å². The molecule has 2 N–H and O–H groups in total. The molecule has 0 saturated heterocycles. The molecule has 0 spiro atoms. The molecular formula is C19H26N4O3. The van der Waals surface area contributed by atoms with Gasteiger partial charge in [0.25, 0.3) is 0 Å². The van der Waals surface area contributed by atoms with Gasteiger partial charge >= 0.3 is 6.03 Å². The van der Waals surface area contributed by atoms with E-state index in [1.807, 2.05) is 36.1 Å². The number of hydrogen-bond acceptors (Lipinski definition) is 4. The molecule has 1 aromatic carbocycles. The zero-order valence-electron chi connectivity index (χ0n) is 15.5. The molecule has 1 heterocycles. The third-order valence-electron chi connectivity index (χ3n) is 4.83. The number of methoxy groups -OCH3 is 2. The van der Waals surface area contributed by atoms with Crippen LogP contribution in [0.25, 0.3) is 0 Å². The Hall–Kier alpha value is -2.70. The van der Waals surface area contributed by atoms with E-state index in [1.54, 1.807) is 14.2 Å². The van der Waals surface area contributed by atoms with Crippen molar-refractivity contribution in [3.05, 3.63) is 41.2 Å². The van der Waals surface area contributed by atoms with E-state index >= 15 is 0 Å². The van der Waals surface area contributed by atoms with Crippen LogP contribution < -0.4 is 20.1 Å². The predicted octanol–water partition coefficient (Wildman–Crippen LogP) is 2.36. The summed E-state index contributed by atoms with van der Waals surface area (Å²) in [5.74, 6) is 1.40. The van der Waals surface area contributed by atoms with Crippen LogP contribution >= 0.6 is 0 Å². The summed E-state index contributed by atoms with van der Waals surface area (Å²) in [6, 6.07) is 5.67. The molecule has 7 nitrogen and oxygen atoms in total. The van der Waals surface area contributed by atoms with Crippen LogP contribution in [-0.2, 0) is 19.9 Å². The molecule has 7 heteroatoms. The normalized spacial score (nSPS) is 15.9. The molecule has 0 bridgehead atoms. The summed E-state index contributed by atoms with van der Waals surface area (Å²) in [6.45, 7) is 0.550. The molecule has 0 fully saturated rings. The molecule has 2 aromatic rings. The number of fused-ring (bicyclic) bond motifs is 1. The fraction of sp³-hybridized carbons (Fsp3) is 0.474. The monoisotopic (exact) mass is 358 g/mol. The van der Waals surface area contributed by atoms with E-state index in [9.17, 15) is 4.79 Å². The van der Waals surface area contributed by atoms with Gasteiger partial charge in [-0.25, -0.2) is 4.79 Å². The number of carbonyl (C=O) groups is 1. The van der Waals surface area contributed by atoms with Gasteiger partial charge in [-0.3, -0.25) is 4.68 Å². The van der Waals surface area contributed by atoms with Crippen LogP contribution in [0, 0.1) is 0 Å². The van der Waals surface area contributed by atoms with Crippen molar-refractivity contribution in [2.45, 2.75) is 31.7 Å². The molecule has 0 radical (unpaired) electrons. The molecule has 140 valence electrons. The Labute approximate surface area is 153 Å². The maximum absolute atomic E-state index is 12.2. The van der Waals surface area contributed by atoms with E-state index in [1.165, 1.54) is 5.69 Å². The first-order chi connectivity index (χ1) is 12.6. The smallest absolute Gasteiger partial charge is 0.315 e. The van der Waals surface area contributed by atoms with Gasteiger partial charge in [-0.2, -0.15) is 5.10 Å². The molecule has 26 heavy (non-hydrogen) atoms. The molecular weight excluding hydrogens is 332 g/mol. The fourth-order valence-corrected chi connectivity index (χ4v) is 3.42. The molecule has 0 saturated carbocycles. The first-order valence-electron chi connectivity index (χ1n) is 8.88. The van der Waals surface area contributed by atoms with E-state index in [4.69, 9.17) is 9.47 Å². The van der Waals surface area contributed by atoms with E-state index in [2.05, 4.69) is 15.7 Å². The van der Waals surface area contributed by atoms with Gasteiger partial charge in [0.15, 0.2) is 11.5 Å². The number of urea groups is 1. The first-order valence-corrected chi connectivity index (χ1v) is 8.88. The number of nitrogens with one attached hydrogen (secondary N) is 2. The number of aryl methyl sites for hydroxylation is 1. The van der Waals surface area contributed by atoms with Crippen LogP contribution in [0.1, 0.15) is 35.7 Å². The van der Waals surface area contributed by atoms with Crippen LogP contribution in [0.4, 0.5) is 4.79 Å². The second-order valence-electron chi connectivity index (χ2n) is 6.45. The lowest BCUT2D eigenvalue weighted by atomic mass is 9.93. The number of aromatic nitrogens is 2. The van der Waals surface area contributed by atoms with Gasteiger partial charge in [-0.05, 0) is 43.4 Å². The highest BCUT2D eigenvalue weighted by atomic mass is 16.5. The lowest BCUT2D eigenvalue weighted by Gasteiger charge is -2.24. The second kappa shape index (κ2) is 8.12. The number of benzene rings is 1. The molecule has 1 unspecified atom stereocenters. The van der Waals surface area contributed by atoms with Gasteiger partial charge in [0.2, 0.25) is 0 Å². The number of carbonyl (C=O) groups excluding carboxylic acids is 1. The standard InChI is InChI=1S/C19H26N4O3/c1-23-16-6-4-5-15(14(16)12-21-23)22-19(24)20-10-9-13-7-8-17(25-2)18(11-13)26-3/h7-8,11-12,15H,4-6,9-10H2,1-3H3,(H2,20,22,24). The van der Waals surface area contributed by atoms with E-state index < -0.39 is 0 Å². The van der Waals surface area contributed by atoms with Crippen molar-refractivity contribution in [1.29, 1.82) is 0 Å². The summed E-state index contributed by atoms with van der Waals surface area (Å²) in [5.41, 5.74) is 3.43. The van der Waals surface area contributed by atoms with Gasteiger partial charge in [0.05, 0.1) is 26.5 Å². The third kappa shape index (κ3) is 3.92. The lowest BCUT2D eigenvalue weighted by Crippen LogP contribution is -2.39. The highest BCUT2D eigenvalue weighted by Gasteiger charge is 2.24. The minimum atomic E-state index is -0.146. The highest BCUT2D eigenvalue weighted by Crippen LogP contribution is 2.29. The lowest BCUT2D eigenvalue weighted by molar-refractivity contribution is 0.235. The number of hydrogen-bond donors (Lipinski definition) is 2. The van der Waals surface area contributed by atoms with Crippen LogP contribution in [0.5, 0.6) is 11.5 Å². The van der Waals surface area contributed by atoms with Crippen molar-refractivity contribution in [3.63, 3.8) is 0 Å². The molecule has 3 rings (SSSR count). The van der Waals surface area contributed by atoms with Crippen LogP contribution in [0.2, 0.25) is 0 Å². The van der Waals surface area contributed by atoms with Crippen LogP contribution in [0.15, 0.2) is 24.4 Å². The molecule has 0 aliphatic heterocycles. The molecule has 1 aliphatic rings. The quantitative estimate of drug-likeness (QED) is 0.831. The van der Waals surface area contributed by atoms with E-state index in [-0.39, 0.29) is 12.1 Å². The van der Waals surface area contributed by atoms with Crippen molar-refractivity contribution in [2.75, 3.05) is 20.8 Å². The molecule has 1 atom stereocenters. The van der Waals surface area contributed by atoms with Gasteiger partial charge in [0, 0.05) is 24.8 Å². The number of amides is 2. The summed E-state index contributed by atoms with van der Waals surface area (Å²) in [5, 5.41) is 10.3. The van der Waals surface area contributed by atoms with E-state index in [0.29, 0.717) is 18.0 Å². The van der Waals surface area contributed by atoms with Crippen LogP contribution in [0.3, 0.4) is 0 Å². The maximum atomic E-state index is 12.2. The minimum Gasteiger partial charge on any atom is -0.493 e. The summed E-state index contributed by atoms with van der Waals surface area (Å²) in [6.07, 6.45) is 5.61. The number of nitrogens with zero attached hydrogens (tertiary/aromatic N) is 2. The Morgan fingerprint density at radius 1 is 1.31 bits per heavy atom. The molecule has 2 amide bonds. The Bertz CT molecular complexity index is 772. The average molecular weight is 358 g/mol. The largest absolute Gasteiger partial charge is 0.493 e. The Morgan fingerprint density at radius 2 is 2.12 bits per heavy atom. The summed E-state index contributed by atoms with van der Waals surface area (Å²) in [7, 11) is 5.18. The van der Waals surface area contributed by atoms with Gasteiger partial charge < -0.3 is 20.1 Å². The van der Waals surface area contributed by atoms with Crippen molar-refractivity contribution < 1.29 is 14.3 Å². The summed E-state index contributed by atoms with van der Waals surface area (Å²) in [4.78, 5) is 12.2. The van der Waals surface area contributed by atoms with Crippen molar-refractivity contribution in [3.8, 4) is 11.5 Å². The molecule has 1 aromatic heterocycles. The van der Waals surface area contributed by atoms with Crippen molar-refractivity contribution in [2.24, 2.45) is 7.05 Å². The zero-order valence-corrected chi connectivity index (χ0v) is 15.5. The first kappa shape index (κ1) is 18.1. The predicted molar refractivity (Wildman–Crippen MR) is 98.7 cm³/mol. The van der Waals surface area contributed by atoms with Gasteiger partial charge in [-0.15, -0.1) is 0 Å². The topological polar surface area (TPSA) is 77.4 Å². The second-order valence-corrected chi connectivity index (χ2v) is 6.45. The number of ether oxygens (including phenoxy) is 2. The van der Waals surface area contributed by atoms with E-state index in [0.717, 1.165) is 36.8 Å². The third-order valence-corrected chi connectivity index (χ3v) is 4.83. The summed E-state index contributed by atoms with van der Waals surface area (Å²) < 4.78 is 12.4. The Morgan fingerprint density at radius 3 is 2.88 bits per heavy atom. The van der Waals surface area contributed by atoms with Crippen molar-refractivity contribution in [1.82, 2.24) is 20.4 Å². The maximum Gasteiger partial charge on any atom is 0.315 e. The SMILES string of the molecule is COc1ccc(CCNC(=O)NC2CCCc3c2cnn3C)cc1OC. The average Bonchev–Trinajstić information content (AvgIpc) is 3.04. The Kier molecular flexibility index (Phi) is 5.65. The fourth-order valence-electron chi connectivity index (χ4n) is 3.42. The van der Waals surface area contributed by atoms with Gasteiger partial charge in [-0.1, -0.05) is 6.07 Å². The van der Waals surface area contributed by atoms with Crippen molar-refractivity contribution >= 4 is 6.03 Å². The minimum absolute atomic E-state index is 0.0357. The zero-order chi connectivity index (χ0) is 18.5. The summed E-state index contributed by atoms with van der Waals surface area (Å²) >= 11 is 0. The Balaban J connectivity index is 1.51. The number of rotatable bonds is 6. The highest BCUT2D eigenvalue weighted by molar-refractivity contribution is 5.74.